The summed E-state index contributed by atoms with van der Waals surface area (Å²) in [5, 5.41) is 2.53. The van der Waals surface area contributed by atoms with Crippen molar-refractivity contribution in [3.63, 3.8) is 0 Å². The molecule has 6 nitrogen and oxygen atoms in total. The Kier molecular flexibility index (Phi) is 5.77. The van der Waals surface area contributed by atoms with Crippen molar-refractivity contribution in [2.24, 2.45) is 0 Å². The van der Waals surface area contributed by atoms with E-state index in [0.29, 0.717) is 11.7 Å². The molecular weight excluding hydrogens is 332 g/mol. The second kappa shape index (κ2) is 8.62. The van der Waals surface area contributed by atoms with E-state index >= 15 is 0 Å². The predicted octanol–water partition coefficient (Wildman–Crippen LogP) is 2.74. The number of amides is 1. The molecule has 3 aromatic rings. The summed E-state index contributed by atoms with van der Waals surface area (Å²) in [6, 6.07) is 18.8. The molecule has 1 aromatic heterocycles. The number of benzene rings is 2. The van der Waals surface area contributed by atoms with Crippen LogP contribution in [0.3, 0.4) is 0 Å². The molecule has 0 radical (unpaired) electrons. The van der Waals surface area contributed by atoms with E-state index in [1.807, 2.05) is 60.7 Å². The molecule has 0 saturated carbocycles. The number of nitrogens with one attached hydrogen (secondary N) is 1. The molecule has 132 valence electrons. The summed E-state index contributed by atoms with van der Waals surface area (Å²) in [6.07, 6.45) is 1.80. The van der Waals surface area contributed by atoms with Crippen molar-refractivity contribution in [1.82, 2.24) is 10.3 Å². The van der Waals surface area contributed by atoms with E-state index in [4.69, 9.17) is 9.15 Å². The van der Waals surface area contributed by atoms with Crippen molar-refractivity contribution >= 4 is 11.9 Å². The summed E-state index contributed by atoms with van der Waals surface area (Å²) in [6.45, 7) is -0.280. The summed E-state index contributed by atoms with van der Waals surface area (Å²) in [7, 11) is 0. The van der Waals surface area contributed by atoms with Crippen molar-refractivity contribution in [2.45, 2.75) is 13.0 Å². The number of ether oxygens (including phenoxy) is 1. The quantitative estimate of drug-likeness (QED) is 0.663. The molecule has 0 unspecified atom stereocenters. The fourth-order valence-corrected chi connectivity index (χ4v) is 2.32. The van der Waals surface area contributed by atoms with Gasteiger partial charge in [0.05, 0.1) is 12.6 Å². The van der Waals surface area contributed by atoms with Gasteiger partial charge in [0.15, 0.2) is 12.4 Å². The van der Waals surface area contributed by atoms with Crippen LogP contribution in [0.5, 0.6) is 0 Å². The van der Waals surface area contributed by atoms with E-state index in [1.165, 1.54) is 0 Å². The van der Waals surface area contributed by atoms with Crippen LogP contribution >= 0.6 is 0 Å². The van der Waals surface area contributed by atoms with Crippen LogP contribution in [-0.4, -0.2) is 23.4 Å². The number of hydrogen-bond acceptors (Lipinski definition) is 5. The molecule has 0 saturated heterocycles. The van der Waals surface area contributed by atoms with Gasteiger partial charge in [0.2, 0.25) is 11.8 Å². The highest BCUT2D eigenvalue weighted by molar-refractivity contribution is 5.83. The minimum Gasteiger partial charge on any atom is -0.454 e. The van der Waals surface area contributed by atoms with E-state index < -0.39 is 5.97 Å². The van der Waals surface area contributed by atoms with E-state index in [-0.39, 0.29) is 25.5 Å². The van der Waals surface area contributed by atoms with Crippen molar-refractivity contribution < 1.29 is 18.7 Å². The third kappa shape index (κ3) is 5.04. The third-order valence-electron chi connectivity index (χ3n) is 3.61. The Hall–Kier alpha value is -3.41. The lowest BCUT2D eigenvalue weighted by molar-refractivity contribution is -0.145. The summed E-state index contributed by atoms with van der Waals surface area (Å²) < 4.78 is 10.6. The van der Waals surface area contributed by atoms with Crippen molar-refractivity contribution in [3.8, 4) is 11.3 Å². The first-order chi connectivity index (χ1) is 12.7. The number of nitrogens with zero attached hydrogens (tertiary/aromatic N) is 1. The summed E-state index contributed by atoms with van der Waals surface area (Å²) >= 11 is 0. The van der Waals surface area contributed by atoms with Gasteiger partial charge in [-0.15, -0.1) is 0 Å². The van der Waals surface area contributed by atoms with Gasteiger partial charge in [-0.2, -0.15) is 0 Å². The number of esters is 1. The molecule has 0 aliphatic carbocycles. The molecule has 1 heterocycles. The highest BCUT2D eigenvalue weighted by atomic mass is 16.5. The summed E-state index contributed by atoms with van der Waals surface area (Å²) in [5.74, 6) is 0.113. The SMILES string of the molecule is O=C(Cc1ccccc1)NCC(=O)OCc1ncc(-c2ccccc2)o1. The van der Waals surface area contributed by atoms with Gasteiger partial charge >= 0.3 is 5.97 Å². The molecule has 0 aliphatic heterocycles. The average molecular weight is 350 g/mol. The zero-order valence-corrected chi connectivity index (χ0v) is 14.1. The first-order valence-corrected chi connectivity index (χ1v) is 8.17. The highest BCUT2D eigenvalue weighted by Crippen LogP contribution is 2.19. The van der Waals surface area contributed by atoms with Crippen LogP contribution in [0, 0.1) is 0 Å². The van der Waals surface area contributed by atoms with Gasteiger partial charge in [-0.25, -0.2) is 4.98 Å². The van der Waals surface area contributed by atoms with Crippen molar-refractivity contribution in [1.29, 1.82) is 0 Å². The molecular formula is C20H18N2O4. The second-order valence-corrected chi connectivity index (χ2v) is 5.58. The lowest BCUT2D eigenvalue weighted by Crippen LogP contribution is -2.31. The summed E-state index contributed by atoms with van der Waals surface area (Å²) in [5.41, 5.74) is 1.78. The lowest BCUT2D eigenvalue weighted by Gasteiger charge is -2.05. The number of carbonyl (C=O) groups is 2. The molecule has 2 aromatic carbocycles. The Balaban J connectivity index is 1.42. The maximum atomic E-state index is 11.8. The molecule has 0 atom stereocenters. The van der Waals surface area contributed by atoms with Gasteiger partial charge in [0.1, 0.15) is 6.54 Å². The molecule has 26 heavy (non-hydrogen) atoms. The molecule has 6 heteroatoms. The lowest BCUT2D eigenvalue weighted by atomic mass is 10.1. The maximum absolute atomic E-state index is 11.8. The van der Waals surface area contributed by atoms with E-state index in [1.54, 1.807) is 6.20 Å². The molecule has 1 amide bonds. The molecule has 0 bridgehead atoms. The van der Waals surface area contributed by atoms with Crippen LogP contribution in [0.1, 0.15) is 11.5 Å². The number of carbonyl (C=O) groups excluding carboxylic acids is 2. The Morgan fingerprint density at radius 2 is 1.69 bits per heavy atom. The van der Waals surface area contributed by atoms with Gasteiger partial charge in [0.25, 0.3) is 0 Å². The highest BCUT2D eigenvalue weighted by Gasteiger charge is 2.11. The second-order valence-electron chi connectivity index (χ2n) is 5.58. The predicted molar refractivity (Wildman–Crippen MR) is 94.9 cm³/mol. The minimum absolute atomic E-state index is 0.0831. The van der Waals surface area contributed by atoms with Crippen LogP contribution in [0.15, 0.2) is 71.3 Å². The zero-order valence-electron chi connectivity index (χ0n) is 14.1. The van der Waals surface area contributed by atoms with Crippen LogP contribution in [0.2, 0.25) is 0 Å². The zero-order chi connectivity index (χ0) is 18.2. The number of rotatable bonds is 7. The molecule has 0 aliphatic rings. The average Bonchev–Trinajstić information content (AvgIpc) is 3.15. The number of oxazole rings is 1. The standard InChI is InChI=1S/C20H18N2O4/c23-18(11-15-7-3-1-4-8-15)21-13-20(24)25-14-19-22-12-17(26-19)16-9-5-2-6-10-16/h1-10,12H,11,13-14H2,(H,21,23). The fraction of sp³-hybridized carbons (Fsp3) is 0.150. The van der Waals surface area contributed by atoms with E-state index in [2.05, 4.69) is 10.3 Å². The Morgan fingerprint density at radius 3 is 2.42 bits per heavy atom. The van der Waals surface area contributed by atoms with Crippen LogP contribution in [0.25, 0.3) is 11.3 Å². The van der Waals surface area contributed by atoms with Gasteiger partial charge in [-0.3, -0.25) is 9.59 Å². The third-order valence-corrected chi connectivity index (χ3v) is 3.61. The Morgan fingerprint density at radius 1 is 1.00 bits per heavy atom. The van der Waals surface area contributed by atoms with E-state index in [9.17, 15) is 9.59 Å². The van der Waals surface area contributed by atoms with Crippen LogP contribution in [0.4, 0.5) is 0 Å². The van der Waals surface area contributed by atoms with Crippen molar-refractivity contribution in [2.75, 3.05) is 6.54 Å². The smallest absolute Gasteiger partial charge is 0.325 e. The minimum atomic E-state index is -0.550. The number of aromatic nitrogens is 1. The Labute approximate surface area is 150 Å². The van der Waals surface area contributed by atoms with Gasteiger partial charge < -0.3 is 14.5 Å². The van der Waals surface area contributed by atoms with Crippen molar-refractivity contribution in [3.05, 3.63) is 78.3 Å². The van der Waals surface area contributed by atoms with Gasteiger partial charge in [-0.05, 0) is 5.56 Å². The van der Waals surface area contributed by atoms with Crippen LogP contribution in [-0.2, 0) is 27.4 Å². The molecule has 0 fully saturated rings. The fourth-order valence-electron chi connectivity index (χ4n) is 2.32. The first kappa shape index (κ1) is 17.4. The van der Waals surface area contributed by atoms with Gasteiger partial charge in [0, 0.05) is 5.56 Å². The maximum Gasteiger partial charge on any atom is 0.325 e. The van der Waals surface area contributed by atoms with Gasteiger partial charge in [-0.1, -0.05) is 60.7 Å². The largest absolute Gasteiger partial charge is 0.454 e. The topological polar surface area (TPSA) is 81.4 Å². The summed E-state index contributed by atoms with van der Waals surface area (Å²) in [4.78, 5) is 27.6. The molecule has 3 rings (SSSR count). The monoisotopic (exact) mass is 350 g/mol. The van der Waals surface area contributed by atoms with Crippen LogP contribution < -0.4 is 5.32 Å². The Bertz CT molecular complexity index is 860. The number of hydrogen-bond donors (Lipinski definition) is 1. The normalized spacial score (nSPS) is 10.3. The molecule has 1 N–H and O–H groups in total. The van der Waals surface area contributed by atoms with E-state index in [0.717, 1.165) is 11.1 Å². The first-order valence-electron chi connectivity index (χ1n) is 8.17. The molecule has 0 spiro atoms.